The summed E-state index contributed by atoms with van der Waals surface area (Å²) in [5.41, 5.74) is 8.47. The zero-order chi connectivity index (χ0) is 17.3. The molecule has 3 rings (SSSR count). The Morgan fingerprint density at radius 3 is 2.67 bits per heavy atom. The molecule has 0 saturated carbocycles. The summed E-state index contributed by atoms with van der Waals surface area (Å²) in [5.74, 6) is 1.44. The third-order valence-electron chi connectivity index (χ3n) is 3.79. The summed E-state index contributed by atoms with van der Waals surface area (Å²) >= 11 is 6.31. The van der Waals surface area contributed by atoms with Crippen LogP contribution in [0.3, 0.4) is 0 Å². The fraction of sp³-hybridized carbons (Fsp3) is 0.167. The lowest BCUT2D eigenvalue weighted by molar-refractivity contribution is 0.415. The molecule has 0 amide bonds. The number of rotatable bonds is 3. The van der Waals surface area contributed by atoms with Crippen molar-refractivity contribution in [3.8, 4) is 5.75 Å². The number of halogens is 1. The number of ether oxygens (including phenoxy) is 1. The molecule has 0 radical (unpaired) electrons. The Morgan fingerprint density at radius 1 is 1.25 bits per heavy atom. The quantitative estimate of drug-likeness (QED) is 0.562. The number of benzene rings is 2. The predicted octanol–water partition coefficient (Wildman–Crippen LogP) is 4.49. The van der Waals surface area contributed by atoms with Gasteiger partial charge >= 0.3 is 0 Å². The van der Waals surface area contributed by atoms with E-state index in [9.17, 15) is 0 Å². The van der Waals surface area contributed by atoms with Crippen LogP contribution in [0.15, 0.2) is 51.9 Å². The number of aliphatic imine (C=N–C) groups is 1. The summed E-state index contributed by atoms with van der Waals surface area (Å²) in [4.78, 5) is 5.79. The lowest BCUT2D eigenvalue weighted by atomic mass is 10.2. The number of para-hydroxylation sites is 1. The van der Waals surface area contributed by atoms with Crippen molar-refractivity contribution in [2.75, 3.05) is 19.1 Å². The second-order valence-corrected chi connectivity index (χ2v) is 5.72. The first kappa shape index (κ1) is 16.2. The van der Waals surface area contributed by atoms with Crippen molar-refractivity contribution >= 4 is 40.1 Å². The van der Waals surface area contributed by atoms with Gasteiger partial charge in [0.15, 0.2) is 0 Å². The van der Waals surface area contributed by atoms with Gasteiger partial charge in [-0.3, -0.25) is 4.99 Å². The number of fused-ring (bicyclic) bond motifs is 1. The van der Waals surface area contributed by atoms with Crippen LogP contribution in [0.25, 0.3) is 11.0 Å². The average molecular weight is 344 g/mol. The Labute approximate surface area is 145 Å². The zero-order valence-corrected chi connectivity index (χ0v) is 14.5. The van der Waals surface area contributed by atoms with E-state index in [1.54, 1.807) is 25.1 Å². The van der Waals surface area contributed by atoms with Crippen molar-refractivity contribution in [3.05, 3.63) is 53.1 Å². The van der Waals surface area contributed by atoms with E-state index in [2.05, 4.69) is 4.99 Å². The van der Waals surface area contributed by atoms with Crippen LogP contribution in [0.4, 0.5) is 11.6 Å². The summed E-state index contributed by atoms with van der Waals surface area (Å²) in [6.45, 7) is 1.91. The Hall–Kier alpha value is -2.66. The summed E-state index contributed by atoms with van der Waals surface area (Å²) < 4.78 is 11.4. The summed E-state index contributed by atoms with van der Waals surface area (Å²) in [6, 6.07) is 13.3. The predicted molar refractivity (Wildman–Crippen MR) is 98.6 cm³/mol. The molecule has 0 aliphatic heterocycles. The highest BCUT2D eigenvalue weighted by Crippen LogP contribution is 2.39. The largest absolute Gasteiger partial charge is 0.495 e. The van der Waals surface area contributed by atoms with Crippen LogP contribution in [0.1, 0.15) is 5.56 Å². The smallest absolute Gasteiger partial charge is 0.208 e. The summed E-state index contributed by atoms with van der Waals surface area (Å²) in [7, 11) is 3.22. The van der Waals surface area contributed by atoms with E-state index >= 15 is 0 Å². The van der Waals surface area contributed by atoms with Crippen molar-refractivity contribution in [3.63, 3.8) is 0 Å². The van der Waals surface area contributed by atoms with Gasteiger partial charge in [0.1, 0.15) is 11.3 Å². The van der Waals surface area contributed by atoms with E-state index in [4.69, 9.17) is 26.5 Å². The zero-order valence-electron chi connectivity index (χ0n) is 13.7. The van der Waals surface area contributed by atoms with Crippen LogP contribution >= 0.6 is 11.6 Å². The third kappa shape index (κ3) is 2.78. The Bertz CT molecular complexity index is 885. The van der Waals surface area contributed by atoms with Gasteiger partial charge in [0.25, 0.3) is 0 Å². The van der Waals surface area contributed by atoms with Crippen molar-refractivity contribution in [1.29, 1.82) is 0 Å². The minimum Gasteiger partial charge on any atom is -0.495 e. The highest BCUT2D eigenvalue weighted by molar-refractivity contribution is 6.31. The van der Waals surface area contributed by atoms with Gasteiger partial charge in [-0.1, -0.05) is 29.8 Å². The molecular weight excluding hydrogens is 326 g/mol. The maximum absolute atomic E-state index is 6.31. The first-order valence-electron chi connectivity index (χ1n) is 7.40. The number of guanidine groups is 1. The van der Waals surface area contributed by atoms with Gasteiger partial charge in [-0.15, -0.1) is 0 Å². The van der Waals surface area contributed by atoms with Crippen molar-refractivity contribution in [1.82, 2.24) is 0 Å². The fourth-order valence-corrected chi connectivity index (χ4v) is 2.67. The fourth-order valence-electron chi connectivity index (χ4n) is 2.52. The van der Waals surface area contributed by atoms with E-state index in [0.29, 0.717) is 22.3 Å². The van der Waals surface area contributed by atoms with Gasteiger partial charge in [-0.05, 0) is 30.7 Å². The Kier molecular flexibility index (Phi) is 4.36. The van der Waals surface area contributed by atoms with Crippen molar-refractivity contribution in [2.45, 2.75) is 6.92 Å². The van der Waals surface area contributed by atoms with Crippen molar-refractivity contribution in [2.24, 2.45) is 10.7 Å². The van der Waals surface area contributed by atoms with Crippen molar-refractivity contribution < 1.29 is 9.15 Å². The molecule has 0 aliphatic rings. The molecule has 0 unspecified atom stereocenters. The number of nitrogens with zero attached hydrogens (tertiary/aromatic N) is 2. The standard InChI is InChI=1S/C18H18ClN3O2/c1-11-8-16(23-3)14(10-13(11)19)22(18(20)21-2)17-9-12-6-4-5-7-15(12)24-17/h4-10H,1-3H3,(H2,20,21). The van der Waals surface area contributed by atoms with Crippen LogP contribution in [-0.2, 0) is 0 Å². The molecule has 0 bridgehead atoms. The van der Waals surface area contributed by atoms with E-state index in [1.807, 2.05) is 43.3 Å². The molecule has 2 N–H and O–H groups in total. The molecule has 1 aromatic heterocycles. The second-order valence-electron chi connectivity index (χ2n) is 5.31. The topological polar surface area (TPSA) is 64.0 Å². The van der Waals surface area contributed by atoms with Gasteiger partial charge in [0.2, 0.25) is 11.8 Å². The number of anilines is 2. The van der Waals surface area contributed by atoms with E-state index in [1.165, 1.54) is 0 Å². The van der Waals surface area contributed by atoms with Crippen LogP contribution in [-0.4, -0.2) is 20.1 Å². The summed E-state index contributed by atoms with van der Waals surface area (Å²) in [5, 5.41) is 1.58. The number of hydrogen-bond acceptors (Lipinski definition) is 3. The lowest BCUT2D eigenvalue weighted by Crippen LogP contribution is -2.33. The molecule has 2 aromatic carbocycles. The summed E-state index contributed by atoms with van der Waals surface area (Å²) in [6.07, 6.45) is 0. The number of hydrogen-bond donors (Lipinski definition) is 1. The Morgan fingerprint density at radius 2 is 2.00 bits per heavy atom. The minimum atomic E-state index is 0.271. The molecule has 0 fully saturated rings. The van der Waals surface area contributed by atoms with Crippen LogP contribution in [0, 0.1) is 6.92 Å². The van der Waals surface area contributed by atoms with Crippen LogP contribution in [0.2, 0.25) is 5.02 Å². The number of aryl methyl sites for hydroxylation is 1. The molecular formula is C18H18ClN3O2. The first-order valence-corrected chi connectivity index (χ1v) is 7.78. The molecule has 3 aromatic rings. The molecule has 124 valence electrons. The van der Waals surface area contributed by atoms with E-state index in [0.717, 1.165) is 16.5 Å². The minimum absolute atomic E-state index is 0.271. The maximum atomic E-state index is 6.31. The monoisotopic (exact) mass is 343 g/mol. The third-order valence-corrected chi connectivity index (χ3v) is 4.20. The molecule has 0 spiro atoms. The van der Waals surface area contributed by atoms with Gasteiger partial charge < -0.3 is 14.9 Å². The second kappa shape index (κ2) is 6.45. The molecule has 6 heteroatoms. The molecule has 0 atom stereocenters. The number of nitrogens with two attached hydrogens (primary N) is 1. The number of methoxy groups -OCH3 is 1. The molecule has 24 heavy (non-hydrogen) atoms. The van der Waals surface area contributed by atoms with Gasteiger partial charge in [0.05, 0.1) is 12.8 Å². The lowest BCUT2D eigenvalue weighted by Gasteiger charge is -2.23. The van der Waals surface area contributed by atoms with E-state index < -0.39 is 0 Å². The molecule has 0 aliphatic carbocycles. The highest BCUT2D eigenvalue weighted by Gasteiger charge is 2.22. The number of furan rings is 1. The van der Waals surface area contributed by atoms with Crippen LogP contribution in [0.5, 0.6) is 5.75 Å². The van der Waals surface area contributed by atoms with Gasteiger partial charge in [-0.25, -0.2) is 4.90 Å². The normalized spacial score (nSPS) is 11.8. The molecule has 5 nitrogen and oxygen atoms in total. The SMILES string of the molecule is CN=C(N)N(c1cc2ccccc2o1)c1cc(Cl)c(C)cc1OC. The average Bonchev–Trinajstić information content (AvgIpc) is 3.01. The Balaban J connectivity index is 2.23. The maximum Gasteiger partial charge on any atom is 0.208 e. The highest BCUT2D eigenvalue weighted by atomic mass is 35.5. The van der Waals surface area contributed by atoms with Crippen LogP contribution < -0.4 is 15.4 Å². The molecule has 0 saturated heterocycles. The van der Waals surface area contributed by atoms with E-state index in [-0.39, 0.29) is 5.96 Å². The molecule has 1 heterocycles. The first-order chi connectivity index (χ1) is 11.5. The van der Waals surface area contributed by atoms with Gasteiger partial charge in [-0.2, -0.15) is 0 Å². The van der Waals surface area contributed by atoms with Gasteiger partial charge in [0, 0.05) is 23.5 Å².